The van der Waals surface area contributed by atoms with Crippen LogP contribution in [0.15, 0.2) is 6.20 Å². The zero-order chi connectivity index (χ0) is 11.8. The number of aryl methyl sites for hydroxylation is 1. The molecule has 1 saturated heterocycles. The molecule has 1 aromatic rings. The Hall–Kier alpha value is -0.620. The Balaban J connectivity index is 2.36. The second kappa shape index (κ2) is 4.33. The van der Waals surface area contributed by atoms with Crippen molar-refractivity contribution >= 4 is 11.6 Å². The molecular weight excluding hydrogens is 228 g/mol. The maximum absolute atomic E-state index is 6.12. The summed E-state index contributed by atoms with van der Waals surface area (Å²) in [5, 5.41) is 4.73. The average molecular weight is 245 g/mol. The van der Waals surface area contributed by atoms with Gasteiger partial charge in [-0.3, -0.25) is 10.5 Å². The Kier molecular flexibility index (Phi) is 3.21. The molecule has 6 heteroatoms. The molecule has 0 spiro atoms. The van der Waals surface area contributed by atoms with E-state index in [4.69, 9.17) is 22.2 Å². The Bertz CT molecular complexity index is 353. The molecule has 2 unspecified atom stereocenters. The van der Waals surface area contributed by atoms with E-state index >= 15 is 0 Å². The molecule has 90 valence electrons. The van der Waals surface area contributed by atoms with Crippen molar-refractivity contribution in [3.8, 4) is 0 Å². The minimum atomic E-state index is -0.313. The first kappa shape index (κ1) is 11.9. The van der Waals surface area contributed by atoms with Crippen LogP contribution in [0.4, 0.5) is 0 Å². The maximum Gasteiger partial charge on any atom is 0.0930 e. The molecule has 1 fully saturated rings. The van der Waals surface area contributed by atoms with Crippen LogP contribution in [0.3, 0.4) is 0 Å². The zero-order valence-electron chi connectivity index (χ0n) is 9.53. The van der Waals surface area contributed by atoms with Gasteiger partial charge >= 0.3 is 0 Å². The van der Waals surface area contributed by atoms with E-state index in [1.807, 2.05) is 14.0 Å². The Morgan fingerprint density at radius 1 is 1.75 bits per heavy atom. The Labute approximate surface area is 99.9 Å². The molecule has 0 radical (unpaired) electrons. The van der Waals surface area contributed by atoms with Crippen LogP contribution in [-0.2, 0) is 11.8 Å². The van der Waals surface area contributed by atoms with Crippen LogP contribution in [0.5, 0.6) is 0 Å². The summed E-state index contributed by atoms with van der Waals surface area (Å²) in [7, 11) is 1.85. The Morgan fingerprint density at radius 3 is 2.94 bits per heavy atom. The molecule has 2 heterocycles. The fraction of sp³-hybridized carbons (Fsp3) is 0.700. The molecule has 1 aliphatic rings. The molecule has 1 aliphatic heterocycles. The molecule has 0 aliphatic carbocycles. The minimum Gasteiger partial charge on any atom is -0.373 e. The van der Waals surface area contributed by atoms with Gasteiger partial charge in [0, 0.05) is 13.7 Å². The van der Waals surface area contributed by atoms with Crippen molar-refractivity contribution in [2.45, 2.75) is 31.4 Å². The van der Waals surface area contributed by atoms with Crippen molar-refractivity contribution in [3.05, 3.63) is 16.9 Å². The van der Waals surface area contributed by atoms with E-state index in [0.29, 0.717) is 5.02 Å². The normalized spacial score (nSPS) is 27.2. The zero-order valence-corrected chi connectivity index (χ0v) is 10.3. The predicted octanol–water partition coefficient (Wildman–Crippen LogP) is 1.15. The van der Waals surface area contributed by atoms with Gasteiger partial charge in [0.2, 0.25) is 0 Å². The van der Waals surface area contributed by atoms with E-state index in [1.54, 1.807) is 10.9 Å². The largest absolute Gasteiger partial charge is 0.373 e. The molecule has 1 aromatic heterocycles. The maximum atomic E-state index is 6.12. The van der Waals surface area contributed by atoms with Gasteiger partial charge in [-0.25, -0.2) is 5.43 Å². The molecule has 2 rings (SSSR count). The minimum absolute atomic E-state index is 0.144. The topological polar surface area (TPSA) is 65.1 Å². The third-order valence-corrected chi connectivity index (χ3v) is 3.53. The second-order valence-corrected chi connectivity index (χ2v) is 4.77. The average Bonchev–Trinajstić information content (AvgIpc) is 2.80. The van der Waals surface area contributed by atoms with Gasteiger partial charge in [-0.1, -0.05) is 11.6 Å². The van der Waals surface area contributed by atoms with Gasteiger partial charge in [0.05, 0.1) is 28.6 Å². The summed E-state index contributed by atoms with van der Waals surface area (Å²) < 4.78 is 7.52. The van der Waals surface area contributed by atoms with E-state index in [1.165, 1.54) is 0 Å². The van der Waals surface area contributed by atoms with E-state index < -0.39 is 0 Å². The van der Waals surface area contributed by atoms with Gasteiger partial charge in [-0.15, -0.1) is 0 Å². The summed E-state index contributed by atoms with van der Waals surface area (Å²) in [5.41, 5.74) is 3.35. The van der Waals surface area contributed by atoms with Crippen molar-refractivity contribution in [1.29, 1.82) is 0 Å². The van der Waals surface area contributed by atoms with Gasteiger partial charge in [-0.2, -0.15) is 5.10 Å². The number of hydrogen-bond donors (Lipinski definition) is 2. The van der Waals surface area contributed by atoms with Gasteiger partial charge in [0.25, 0.3) is 0 Å². The molecule has 0 bridgehead atoms. The van der Waals surface area contributed by atoms with Gasteiger partial charge in [0.1, 0.15) is 0 Å². The quantitative estimate of drug-likeness (QED) is 0.618. The highest BCUT2D eigenvalue weighted by atomic mass is 35.5. The monoisotopic (exact) mass is 244 g/mol. The van der Waals surface area contributed by atoms with Crippen LogP contribution in [-0.4, -0.2) is 22.0 Å². The molecule has 0 amide bonds. The number of ether oxygens (including phenoxy) is 1. The van der Waals surface area contributed by atoms with Crippen LogP contribution >= 0.6 is 11.6 Å². The lowest BCUT2D eigenvalue weighted by molar-refractivity contribution is -0.0146. The molecule has 2 atom stereocenters. The van der Waals surface area contributed by atoms with Crippen molar-refractivity contribution in [2.75, 3.05) is 6.61 Å². The van der Waals surface area contributed by atoms with Gasteiger partial charge in [-0.05, 0) is 19.8 Å². The van der Waals surface area contributed by atoms with Crippen LogP contribution in [0.25, 0.3) is 0 Å². The summed E-state index contributed by atoms with van der Waals surface area (Å²) in [6, 6.07) is -0.144. The van der Waals surface area contributed by atoms with Crippen molar-refractivity contribution in [3.63, 3.8) is 0 Å². The highest BCUT2D eigenvalue weighted by Crippen LogP contribution is 2.38. The fourth-order valence-corrected chi connectivity index (χ4v) is 2.59. The van der Waals surface area contributed by atoms with E-state index in [9.17, 15) is 0 Å². The predicted molar refractivity (Wildman–Crippen MR) is 61.9 cm³/mol. The fourth-order valence-electron chi connectivity index (χ4n) is 2.32. The number of nitrogens with two attached hydrogens (primary N) is 1. The van der Waals surface area contributed by atoms with E-state index in [-0.39, 0.29) is 11.6 Å². The van der Waals surface area contributed by atoms with Crippen LogP contribution < -0.4 is 11.3 Å². The molecule has 0 saturated carbocycles. The summed E-state index contributed by atoms with van der Waals surface area (Å²) in [5.74, 6) is 5.64. The number of aromatic nitrogens is 2. The number of rotatable bonds is 3. The van der Waals surface area contributed by atoms with E-state index in [2.05, 4.69) is 10.5 Å². The SMILES string of the molecule is Cn1ncc(Cl)c1C(NN)C1(C)CCCO1. The molecular formula is C10H17ClN4O. The number of nitrogens with zero attached hydrogens (tertiary/aromatic N) is 2. The third-order valence-electron chi connectivity index (χ3n) is 3.24. The lowest BCUT2D eigenvalue weighted by Crippen LogP contribution is -2.45. The highest BCUT2D eigenvalue weighted by Gasteiger charge is 2.41. The summed E-state index contributed by atoms with van der Waals surface area (Å²) >= 11 is 6.12. The lowest BCUT2D eigenvalue weighted by Gasteiger charge is -2.33. The van der Waals surface area contributed by atoms with Crippen LogP contribution in [0.1, 0.15) is 31.5 Å². The first-order chi connectivity index (χ1) is 7.58. The molecule has 0 aromatic carbocycles. The van der Waals surface area contributed by atoms with Crippen molar-refractivity contribution in [2.24, 2.45) is 12.9 Å². The highest BCUT2D eigenvalue weighted by molar-refractivity contribution is 6.31. The Morgan fingerprint density at radius 2 is 2.50 bits per heavy atom. The molecule has 3 N–H and O–H groups in total. The number of hydrogen-bond acceptors (Lipinski definition) is 4. The van der Waals surface area contributed by atoms with Crippen LogP contribution in [0.2, 0.25) is 5.02 Å². The number of hydrazine groups is 1. The van der Waals surface area contributed by atoms with Crippen LogP contribution in [0, 0.1) is 0 Å². The van der Waals surface area contributed by atoms with Gasteiger partial charge < -0.3 is 4.74 Å². The second-order valence-electron chi connectivity index (χ2n) is 4.37. The lowest BCUT2D eigenvalue weighted by atomic mass is 9.91. The summed E-state index contributed by atoms with van der Waals surface area (Å²) in [4.78, 5) is 0. The smallest absolute Gasteiger partial charge is 0.0930 e. The number of nitrogens with one attached hydrogen (secondary N) is 1. The first-order valence-corrected chi connectivity index (χ1v) is 5.74. The first-order valence-electron chi connectivity index (χ1n) is 5.36. The van der Waals surface area contributed by atoms with E-state index in [0.717, 1.165) is 25.1 Å². The summed E-state index contributed by atoms with van der Waals surface area (Å²) in [6.07, 6.45) is 3.63. The molecule has 5 nitrogen and oxygen atoms in total. The van der Waals surface area contributed by atoms with Crippen molar-refractivity contribution < 1.29 is 4.74 Å². The molecule has 16 heavy (non-hydrogen) atoms. The number of halogens is 1. The van der Waals surface area contributed by atoms with Crippen molar-refractivity contribution in [1.82, 2.24) is 15.2 Å². The third kappa shape index (κ3) is 1.84. The van der Waals surface area contributed by atoms with Gasteiger partial charge in [0.15, 0.2) is 0 Å². The standard InChI is InChI=1S/C10H17ClN4O/c1-10(4-3-5-16-10)9(14-12)8-7(11)6-13-15(8)2/h6,9,14H,3-5,12H2,1-2H3. The summed E-state index contributed by atoms with van der Waals surface area (Å²) in [6.45, 7) is 2.82.